The number of para-hydroxylation sites is 1. The van der Waals surface area contributed by atoms with Crippen LogP contribution in [0.2, 0.25) is 5.02 Å². The number of ether oxygens (including phenoxy) is 2. The van der Waals surface area contributed by atoms with Crippen molar-refractivity contribution >= 4 is 51.8 Å². The van der Waals surface area contributed by atoms with E-state index >= 15 is 8.78 Å². The second-order valence-corrected chi connectivity index (χ2v) is 17.6. The molecule has 0 aliphatic carbocycles. The summed E-state index contributed by atoms with van der Waals surface area (Å²) in [6.45, 7) is 4.19. The van der Waals surface area contributed by atoms with E-state index in [0.717, 1.165) is 67.2 Å². The number of piperidine rings is 2. The van der Waals surface area contributed by atoms with Crippen LogP contribution in [0.25, 0.3) is 22.0 Å². The Kier molecular flexibility index (Phi) is 13.4. The Bertz CT molecular complexity index is 2640. The largest absolute Gasteiger partial charge is 0.494 e. The average Bonchev–Trinajstić information content (AvgIpc) is 3.79. The summed E-state index contributed by atoms with van der Waals surface area (Å²) < 4.78 is 45.6. The number of halogens is 3. The van der Waals surface area contributed by atoms with E-state index in [1.54, 1.807) is 4.68 Å². The average molecular weight is 910 g/mol. The summed E-state index contributed by atoms with van der Waals surface area (Å²) in [5.74, 6) is -4.00. The van der Waals surface area contributed by atoms with Crippen molar-refractivity contribution in [1.82, 2.24) is 25.3 Å². The molecule has 3 aliphatic heterocycles. The number of nitrogens with two attached hydrogens (primary N) is 1. The number of anilines is 1. The molecule has 0 saturated carbocycles. The number of carbonyl (C=O) groups excluding carboxylic acids is 4. The van der Waals surface area contributed by atoms with Crippen molar-refractivity contribution in [2.24, 2.45) is 12.8 Å². The molecule has 8 rings (SSSR count). The molecule has 13 nitrogen and oxygen atoms in total. The van der Waals surface area contributed by atoms with E-state index in [9.17, 15) is 19.2 Å². The van der Waals surface area contributed by atoms with Gasteiger partial charge in [0.1, 0.15) is 11.6 Å². The summed E-state index contributed by atoms with van der Waals surface area (Å²) in [7, 11) is 3.16. The second kappa shape index (κ2) is 19.2. The first-order chi connectivity index (χ1) is 31.3. The molecular weight excluding hydrogens is 856 g/mol. The summed E-state index contributed by atoms with van der Waals surface area (Å²) >= 11 is 6.67. The van der Waals surface area contributed by atoms with Crippen molar-refractivity contribution in [3.05, 3.63) is 106 Å². The lowest BCUT2D eigenvalue weighted by atomic mass is 9.77. The summed E-state index contributed by atoms with van der Waals surface area (Å²) in [5.41, 5.74) is 8.00. The Balaban J connectivity index is 0.846. The number of benzene rings is 4. The number of rotatable bonds is 16. The third-order valence-electron chi connectivity index (χ3n) is 13.3. The molecule has 0 spiro atoms. The van der Waals surface area contributed by atoms with Crippen LogP contribution in [-0.4, -0.2) is 77.6 Å². The van der Waals surface area contributed by atoms with Crippen molar-refractivity contribution in [2.45, 2.75) is 88.2 Å². The molecule has 5 N–H and O–H groups in total. The summed E-state index contributed by atoms with van der Waals surface area (Å²) in [4.78, 5) is 52.2. The topological polar surface area (TPSA) is 170 Å². The normalized spacial score (nSPS) is 19.8. The van der Waals surface area contributed by atoms with E-state index < -0.39 is 35.0 Å². The number of nitrogens with zero attached hydrogens (tertiary/aromatic N) is 3. The van der Waals surface area contributed by atoms with E-state index in [2.05, 4.69) is 21.0 Å². The van der Waals surface area contributed by atoms with Crippen LogP contribution in [0, 0.1) is 11.6 Å². The lowest BCUT2D eigenvalue weighted by Crippen LogP contribution is -2.50. The fraction of sp³-hybridized carbons (Fsp3) is 0.408. The maximum Gasteiger partial charge on any atom is 0.249 e. The molecule has 342 valence electrons. The second-order valence-electron chi connectivity index (χ2n) is 17.2. The molecule has 4 amide bonds. The zero-order valence-corrected chi connectivity index (χ0v) is 37.5. The van der Waals surface area contributed by atoms with Crippen LogP contribution in [-0.2, 0) is 27.0 Å². The Hall–Kier alpha value is -6.06. The monoisotopic (exact) mass is 909 g/mol. The fourth-order valence-electron chi connectivity index (χ4n) is 9.86. The number of amides is 4. The number of fused-ring (bicyclic) bond motifs is 2. The summed E-state index contributed by atoms with van der Waals surface area (Å²) in [6.07, 6.45) is 6.28. The number of unbranched alkanes of at least 4 members (excludes halogenated alkanes) is 3. The first kappa shape index (κ1) is 45.5. The highest BCUT2D eigenvalue weighted by Gasteiger charge is 2.50. The van der Waals surface area contributed by atoms with Gasteiger partial charge in [0, 0.05) is 86.2 Å². The minimum Gasteiger partial charge on any atom is -0.494 e. The number of carbonyl (C=O) groups is 4. The van der Waals surface area contributed by atoms with Gasteiger partial charge in [-0.25, -0.2) is 8.78 Å². The summed E-state index contributed by atoms with van der Waals surface area (Å²) in [5, 5.41) is 14.9. The van der Waals surface area contributed by atoms with Gasteiger partial charge in [-0.3, -0.25) is 29.2 Å². The minimum absolute atomic E-state index is 0.0113. The van der Waals surface area contributed by atoms with Gasteiger partial charge in [0.05, 0.1) is 40.5 Å². The third kappa shape index (κ3) is 8.87. The first-order valence-electron chi connectivity index (χ1n) is 22.3. The van der Waals surface area contributed by atoms with Crippen molar-refractivity contribution in [2.75, 3.05) is 38.6 Å². The molecule has 1 aromatic heterocycles. The van der Waals surface area contributed by atoms with Crippen LogP contribution in [0.4, 0.5) is 14.5 Å². The molecule has 16 heteroatoms. The van der Waals surface area contributed by atoms with Crippen LogP contribution < -0.4 is 31.2 Å². The highest BCUT2D eigenvalue weighted by atomic mass is 35.5. The van der Waals surface area contributed by atoms with E-state index in [0.29, 0.717) is 50.2 Å². The maximum atomic E-state index is 16.2. The molecule has 65 heavy (non-hydrogen) atoms. The van der Waals surface area contributed by atoms with Gasteiger partial charge in [-0.1, -0.05) is 73.8 Å². The van der Waals surface area contributed by atoms with Gasteiger partial charge in [0.15, 0.2) is 17.2 Å². The number of imide groups is 1. The number of aromatic nitrogens is 2. The number of nitrogens with one attached hydrogen (secondary N) is 3. The van der Waals surface area contributed by atoms with Gasteiger partial charge >= 0.3 is 0 Å². The SMILES string of the molecule is COc1ccc(C(N)=O)c(-c2c(Cl)c(F)cc3c2C(C)C(CNC2CCN(C(=O)CCCCCCNc4cccc5c(C6CCC(=O)NC6=O)nn(C)c45)CC2)(c2ccccc2)O3)c1F. The van der Waals surface area contributed by atoms with Gasteiger partial charge in [-0.15, -0.1) is 0 Å². The first-order valence-corrected chi connectivity index (χ1v) is 22.7. The lowest BCUT2D eigenvalue weighted by molar-refractivity contribution is -0.134. The summed E-state index contributed by atoms with van der Waals surface area (Å²) in [6, 6.07) is 19.4. The van der Waals surface area contributed by atoms with E-state index in [1.807, 2.05) is 67.4 Å². The maximum absolute atomic E-state index is 16.2. The molecule has 2 saturated heterocycles. The number of hydrogen-bond donors (Lipinski definition) is 4. The molecule has 0 bridgehead atoms. The van der Waals surface area contributed by atoms with Gasteiger partial charge < -0.3 is 30.7 Å². The molecular formula is C49H54ClF2N7O6. The van der Waals surface area contributed by atoms with Gasteiger partial charge in [-0.2, -0.15) is 5.10 Å². The molecule has 4 aromatic carbocycles. The highest BCUT2D eigenvalue weighted by Crippen LogP contribution is 2.56. The highest BCUT2D eigenvalue weighted by molar-refractivity contribution is 6.34. The van der Waals surface area contributed by atoms with E-state index in [1.165, 1.54) is 25.3 Å². The predicted octanol–water partition coefficient (Wildman–Crippen LogP) is 7.83. The molecule has 5 aromatic rings. The molecule has 3 aliphatic rings. The zero-order chi connectivity index (χ0) is 46.0. The fourth-order valence-corrected chi connectivity index (χ4v) is 10.1. The van der Waals surface area contributed by atoms with Gasteiger partial charge in [0.25, 0.3) is 0 Å². The quantitative estimate of drug-likeness (QED) is 0.0570. The Morgan fingerprint density at radius 1 is 1.00 bits per heavy atom. The van der Waals surface area contributed by atoms with Crippen LogP contribution >= 0.6 is 11.6 Å². The molecule has 4 heterocycles. The lowest BCUT2D eigenvalue weighted by Gasteiger charge is -2.38. The van der Waals surface area contributed by atoms with Crippen molar-refractivity contribution in [1.29, 1.82) is 0 Å². The number of primary amides is 1. The Labute approximate surface area is 381 Å². The van der Waals surface area contributed by atoms with Crippen LogP contribution in [0.1, 0.15) is 104 Å². The number of aryl methyl sites for hydroxylation is 1. The van der Waals surface area contributed by atoms with Crippen LogP contribution in [0.15, 0.2) is 66.7 Å². The van der Waals surface area contributed by atoms with Crippen molar-refractivity contribution in [3.8, 4) is 22.6 Å². The molecule has 0 radical (unpaired) electrons. The Morgan fingerprint density at radius 2 is 1.75 bits per heavy atom. The van der Waals surface area contributed by atoms with Crippen molar-refractivity contribution in [3.63, 3.8) is 0 Å². The van der Waals surface area contributed by atoms with Crippen molar-refractivity contribution < 1.29 is 37.4 Å². The molecule has 3 unspecified atom stereocenters. The standard InChI is InChI=1S/C49H54ClF2N7O6/c1-28-40-37(26-34(51)43(50)42(40)41-31(47(53)62)17-19-36(64-3)44(41)52)65-49(28,29-12-7-6-8-13-29)27-55-30-21-24-59(25-22-30)39(61)16-9-4-5-10-23-54-35-15-11-14-32-45(57-58(2)46(32)35)33-18-20-38(60)56-48(33)63/h6-8,11-15,17,19,26,28,30,33,54-55H,4-5,9-10,16,18,20-25,27H2,1-3H3,(H2,53,62)(H,56,60,63). The van der Waals surface area contributed by atoms with Crippen LogP contribution in [0.3, 0.4) is 0 Å². The predicted molar refractivity (Wildman–Crippen MR) is 244 cm³/mol. The molecule has 2 fully saturated rings. The van der Waals surface area contributed by atoms with Crippen LogP contribution in [0.5, 0.6) is 11.5 Å². The number of hydrogen-bond acceptors (Lipinski definition) is 9. The number of methoxy groups -OCH3 is 1. The third-order valence-corrected chi connectivity index (χ3v) is 13.7. The molecule has 3 atom stereocenters. The smallest absolute Gasteiger partial charge is 0.249 e. The zero-order valence-electron chi connectivity index (χ0n) is 36.8. The Morgan fingerprint density at radius 3 is 2.48 bits per heavy atom. The van der Waals surface area contributed by atoms with E-state index in [-0.39, 0.29) is 57.0 Å². The minimum atomic E-state index is -1.08. The van der Waals surface area contributed by atoms with Gasteiger partial charge in [-0.05, 0) is 55.9 Å². The van der Waals surface area contributed by atoms with E-state index in [4.69, 9.17) is 26.8 Å². The van der Waals surface area contributed by atoms with Gasteiger partial charge in [0.2, 0.25) is 23.6 Å². The number of likely N-dealkylation sites (tertiary alicyclic amines) is 1.